The first kappa shape index (κ1) is 15.2. The molecule has 2 aromatic carbocycles. The van der Waals surface area contributed by atoms with E-state index < -0.39 is 17.8 Å². The summed E-state index contributed by atoms with van der Waals surface area (Å²) < 4.78 is 27.7. The maximum absolute atomic E-state index is 13.9. The van der Waals surface area contributed by atoms with Crippen LogP contribution in [0.2, 0.25) is 0 Å². The topological polar surface area (TPSA) is 20.3 Å². The summed E-state index contributed by atoms with van der Waals surface area (Å²) in [6.45, 7) is 3.46. The van der Waals surface area contributed by atoms with Crippen LogP contribution in [0.5, 0.6) is 0 Å². The second-order valence-electron chi connectivity index (χ2n) is 5.10. The van der Waals surface area contributed by atoms with Gasteiger partial charge in [-0.2, -0.15) is 0 Å². The lowest BCUT2D eigenvalue weighted by Gasteiger charge is -2.26. The van der Waals surface area contributed by atoms with E-state index in [4.69, 9.17) is 0 Å². The van der Waals surface area contributed by atoms with E-state index in [1.807, 2.05) is 0 Å². The normalized spacial score (nSPS) is 12.0. The zero-order valence-corrected chi connectivity index (χ0v) is 12.2. The molecule has 0 aliphatic rings. The van der Waals surface area contributed by atoms with Crippen LogP contribution < -0.4 is 0 Å². The van der Waals surface area contributed by atoms with Gasteiger partial charge < -0.3 is 4.90 Å². The van der Waals surface area contributed by atoms with Crippen molar-refractivity contribution in [3.63, 3.8) is 0 Å². The van der Waals surface area contributed by atoms with Gasteiger partial charge in [0.25, 0.3) is 5.91 Å². The second kappa shape index (κ2) is 6.04. The van der Waals surface area contributed by atoms with Crippen molar-refractivity contribution >= 4 is 5.91 Å². The van der Waals surface area contributed by atoms with E-state index in [0.717, 1.165) is 5.56 Å². The van der Waals surface area contributed by atoms with Crippen LogP contribution in [0, 0.1) is 18.6 Å². The Bertz CT molecular complexity index is 670. The highest BCUT2D eigenvalue weighted by Gasteiger charge is 2.23. The molecule has 0 aliphatic heterocycles. The van der Waals surface area contributed by atoms with Crippen molar-refractivity contribution in [1.29, 1.82) is 0 Å². The lowest BCUT2D eigenvalue weighted by Crippen LogP contribution is -2.30. The number of nitrogens with zero attached hydrogens (tertiary/aromatic N) is 1. The summed E-state index contributed by atoms with van der Waals surface area (Å²) in [4.78, 5) is 13.7. The molecule has 0 aromatic heterocycles. The van der Waals surface area contributed by atoms with Gasteiger partial charge in [-0.25, -0.2) is 8.78 Å². The zero-order valence-electron chi connectivity index (χ0n) is 12.2. The molecule has 0 heterocycles. The molecule has 2 rings (SSSR count). The molecule has 0 fully saturated rings. The van der Waals surface area contributed by atoms with Crippen molar-refractivity contribution in [2.75, 3.05) is 7.05 Å². The van der Waals surface area contributed by atoms with Crippen LogP contribution in [0.25, 0.3) is 0 Å². The van der Waals surface area contributed by atoms with E-state index in [1.54, 1.807) is 45.2 Å². The van der Waals surface area contributed by atoms with E-state index in [9.17, 15) is 13.6 Å². The Balaban J connectivity index is 2.29. The summed E-state index contributed by atoms with van der Waals surface area (Å²) in [5.74, 6) is -1.41. The predicted octanol–water partition coefficient (Wildman–Crippen LogP) is 4.11. The van der Waals surface area contributed by atoms with Crippen LogP contribution in [0.15, 0.2) is 42.5 Å². The molecule has 2 aromatic rings. The maximum Gasteiger partial charge on any atom is 0.257 e. The van der Waals surface area contributed by atoms with Gasteiger partial charge in [-0.05, 0) is 37.6 Å². The molecule has 0 radical (unpaired) electrons. The zero-order chi connectivity index (χ0) is 15.6. The Hall–Kier alpha value is -2.23. The minimum absolute atomic E-state index is 0.00807. The number of rotatable bonds is 3. The van der Waals surface area contributed by atoms with E-state index in [0.29, 0.717) is 5.56 Å². The predicted molar refractivity (Wildman–Crippen MR) is 78.0 cm³/mol. The minimum Gasteiger partial charge on any atom is -0.335 e. The van der Waals surface area contributed by atoms with Crippen molar-refractivity contribution in [3.8, 4) is 0 Å². The van der Waals surface area contributed by atoms with Crippen LogP contribution in [-0.4, -0.2) is 17.9 Å². The van der Waals surface area contributed by atoms with Gasteiger partial charge in [0.1, 0.15) is 11.6 Å². The van der Waals surface area contributed by atoms with Gasteiger partial charge in [0.05, 0.1) is 11.6 Å². The molecular formula is C17H17F2NO. The summed E-state index contributed by atoms with van der Waals surface area (Å²) in [6, 6.07) is 10.2. The molecule has 1 amide bonds. The molecule has 0 N–H and O–H groups in total. The monoisotopic (exact) mass is 289 g/mol. The third-order valence-electron chi connectivity index (χ3n) is 3.61. The van der Waals surface area contributed by atoms with Gasteiger partial charge in [0.15, 0.2) is 0 Å². The van der Waals surface area contributed by atoms with Crippen LogP contribution in [-0.2, 0) is 0 Å². The van der Waals surface area contributed by atoms with Crippen molar-refractivity contribution in [3.05, 3.63) is 70.8 Å². The highest BCUT2D eigenvalue weighted by atomic mass is 19.1. The van der Waals surface area contributed by atoms with Gasteiger partial charge in [-0.1, -0.05) is 24.3 Å². The largest absolute Gasteiger partial charge is 0.335 e. The highest BCUT2D eigenvalue weighted by Crippen LogP contribution is 2.24. The first-order valence-corrected chi connectivity index (χ1v) is 6.69. The number of halogens is 2. The number of hydrogen-bond acceptors (Lipinski definition) is 1. The Kier molecular flexibility index (Phi) is 4.36. The SMILES string of the molecule is Cc1ccc(C(=O)N(C)C(C)c2ccccc2F)c(F)c1. The lowest BCUT2D eigenvalue weighted by molar-refractivity contribution is 0.0735. The smallest absolute Gasteiger partial charge is 0.257 e. The Labute approximate surface area is 123 Å². The van der Waals surface area contributed by atoms with E-state index in [1.165, 1.54) is 23.1 Å². The van der Waals surface area contributed by atoms with Crippen molar-refractivity contribution in [1.82, 2.24) is 4.90 Å². The van der Waals surface area contributed by atoms with Crippen LogP contribution in [0.4, 0.5) is 8.78 Å². The first-order chi connectivity index (χ1) is 9.91. The average molecular weight is 289 g/mol. The Morgan fingerprint density at radius 2 is 1.76 bits per heavy atom. The molecule has 0 saturated heterocycles. The number of carbonyl (C=O) groups excluding carboxylic acids is 1. The number of aryl methyl sites for hydroxylation is 1. The lowest BCUT2D eigenvalue weighted by atomic mass is 10.0. The Morgan fingerprint density at radius 1 is 1.10 bits per heavy atom. The molecule has 1 unspecified atom stereocenters. The third kappa shape index (κ3) is 3.10. The molecule has 0 aliphatic carbocycles. The first-order valence-electron chi connectivity index (χ1n) is 6.69. The van der Waals surface area contributed by atoms with Gasteiger partial charge in [0, 0.05) is 12.6 Å². The van der Waals surface area contributed by atoms with Gasteiger partial charge in [-0.3, -0.25) is 4.79 Å². The number of carbonyl (C=O) groups is 1. The fraction of sp³-hybridized carbons (Fsp3) is 0.235. The molecule has 1 atom stereocenters. The molecule has 21 heavy (non-hydrogen) atoms. The fourth-order valence-corrected chi connectivity index (χ4v) is 2.18. The number of amides is 1. The van der Waals surface area contributed by atoms with Crippen molar-refractivity contribution in [2.45, 2.75) is 19.9 Å². The molecule has 0 saturated carbocycles. The van der Waals surface area contributed by atoms with Gasteiger partial charge in [0.2, 0.25) is 0 Å². The fourth-order valence-electron chi connectivity index (χ4n) is 2.18. The maximum atomic E-state index is 13.9. The van der Waals surface area contributed by atoms with E-state index in [2.05, 4.69) is 0 Å². The van der Waals surface area contributed by atoms with E-state index in [-0.39, 0.29) is 11.4 Å². The van der Waals surface area contributed by atoms with Crippen LogP contribution in [0.1, 0.15) is 34.5 Å². The average Bonchev–Trinajstić information content (AvgIpc) is 2.45. The standard InChI is InChI=1S/C17H17F2NO/c1-11-8-9-14(16(19)10-11)17(21)20(3)12(2)13-6-4-5-7-15(13)18/h4-10,12H,1-3H3. The van der Waals surface area contributed by atoms with Gasteiger partial charge >= 0.3 is 0 Å². The van der Waals surface area contributed by atoms with Crippen molar-refractivity contribution in [2.24, 2.45) is 0 Å². The highest BCUT2D eigenvalue weighted by molar-refractivity contribution is 5.94. The molecule has 110 valence electrons. The molecule has 0 spiro atoms. The summed E-state index contributed by atoms with van der Waals surface area (Å²) in [5, 5.41) is 0. The molecule has 0 bridgehead atoms. The Morgan fingerprint density at radius 3 is 2.38 bits per heavy atom. The summed E-state index contributed by atoms with van der Waals surface area (Å²) in [7, 11) is 1.54. The summed E-state index contributed by atoms with van der Waals surface area (Å²) >= 11 is 0. The van der Waals surface area contributed by atoms with E-state index >= 15 is 0 Å². The number of benzene rings is 2. The summed E-state index contributed by atoms with van der Waals surface area (Å²) in [6.07, 6.45) is 0. The molecule has 4 heteroatoms. The van der Waals surface area contributed by atoms with Crippen molar-refractivity contribution < 1.29 is 13.6 Å². The second-order valence-corrected chi connectivity index (χ2v) is 5.10. The molecular weight excluding hydrogens is 272 g/mol. The van der Waals surface area contributed by atoms with Crippen LogP contribution in [0.3, 0.4) is 0 Å². The molecule has 2 nitrogen and oxygen atoms in total. The minimum atomic E-state index is -0.562. The van der Waals surface area contributed by atoms with Crippen LogP contribution >= 0.6 is 0 Å². The quantitative estimate of drug-likeness (QED) is 0.833. The number of hydrogen-bond donors (Lipinski definition) is 0. The third-order valence-corrected chi connectivity index (χ3v) is 3.61. The van der Waals surface area contributed by atoms with Gasteiger partial charge in [-0.15, -0.1) is 0 Å². The summed E-state index contributed by atoms with van der Waals surface area (Å²) in [5.41, 5.74) is 1.14.